The fourth-order valence-electron chi connectivity index (χ4n) is 1.44. The Kier molecular flexibility index (Phi) is 7.34. The second-order valence-corrected chi connectivity index (χ2v) is 4.61. The number of amides is 1. The summed E-state index contributed by atoms with van der Waals surface area (Å²) in [5, 5.41) is 2.91. The lowest BCUT2D eigenvalue weighted by Crippen LogP contribution is -2.52. The molecule has 0 bridgehead atoms. The van der Waals surface area contributed by atoms with Crippen molar-refractivity contribution < 1.29 is 4.79 Å². The lowest BCUT2D eigenvalue weighted by Gasteiger charge is -2.36. The van der Waals surface area contributed by atoms with Crippen molar-refractivity contribution in [3.63, 3.8) is 0 Å². The van der Waals surface area contributed by atoms with Gasteiger partial charge in [-0.15, -0.1) is 0 Å². The van der Waals surface area contributed by atoms with E-state index in [1.54, 1.807) is 0 Å². The molecule has 4 nitrogen and oxygen atoms in total. The summed E-state index contributed by atoms with van der Waals surface area (Å²) in [5.74, 6) is 0.0871. The number of hydrogen-bond acceptors (Lipinski definition) is 3. The third-order valence-electron chi connectivity index (χ3n) is 3.36. The minimum atomic E-state index is -0.0813. The van der Waals surface area contributed by atoms with Crippen LogP contribution < -0.4 is 11.1 Å². The lowest BCUT2D eigenvalue weighted by molar-refractivity contribution is -0.123. The molecule has 1 unspecified atom stereocenters. The molecular formula is C12H27N3O. The van der Waals surface area contributed by atoms with Crippen LogP contribution in [0.1, 0.15) is 40.0 Å². The van der Waals surface area contributed by atoms with Gasteiger partial charge in [-0.2, -0.15) is 0 Å². The van der Waals surface area contributed by atoms with Crippen LogP contribution in [0.5, 0.6) is 0 Å². The van der Waals surface area contributed by atoms with E-state index < -0.39 is 0 Å². The second kappa shape index (κ2) is 7.63. The Bertz CT molecular complexity index is 202. The van der Waals surface area contributed by atoms with Crippen molar-refractivity contribution in [1.82, 2.24) is 10.2 Å². The summed E-state index contributed by atoms with van der Waals surface area (Å²) in [5.41, 5.74) is 5.66. The number of carbonyl (C=O) groups excluding carboxylic acids is 1. The highest BCUT2D eigenvalue weighted by molar-refractivity contribution is 5.78. The van der Waals surface area contributed by atoms with Crippen LogP contribution in [-0.2, 0) is 4.79 Å². The highest BCUT2D eigenvalue weighted by Crippen LogP contribution is 2.15. The molecule has 0 aliphatic heterocycles. The predicted molar refractivity (Wildman–Crippen MR) is 68.3 cm³/mol. The number of carbonyl (C=O) groups is 1. The van der Waals surface area contributed by atoms with Crippen molar-refractivity contribution in [3.8, 4) is 0 Å². The molecule has 0 saturated heterocycles. The number of rotatable bonds is 8. The van der Waals surface area contributed by atoms with Crippen LogP contribution in [0.25, 0.3) is 0 Å². The third kappa shape index (κ3) is 4.94. The van der Waals surface area contributed by atoms with Gasteiger partial charge in [0.1, 0.15) is 0 Å². The quantitative estimate of drug-likeness (QED) is 0.610. The van der Waals surface area contributed by atoms with Gasteiger partial charge in [0.2, 0.25) is 5.91 Å². The monoisotopic (exact) mass is 229 g/mol. The third-order valence-corrected chi connectivity index (χ3v) is 3.36. The van der Waals surface area contributed by atoms with Crippen molar-refractivity contribution in [2.75, 3.05) is 26.7 Å². The fraction of sp³-hybridized carbons (Fsp3) is 0.917. The first-order valence-electron chi connectivity index (χ1n) is 6.18. The topological polar surface area (TPSA) is 58.4 Å². The molecule has 16 heavy (non-hydrogen) atoms. The summed E-state index contributed by atoms with van der Waals surface area (Å²) in [6, 6.07) is 0. The summed E-state index contributed by atoms with van der Waals surface area (Å²) >= 11 is 0. The van der Waals surface area contributed by atoms with Crippen molar-refractivity contribution >= 4 is 5.91 Å². The Morgan fingerprint density at radius 2 is 2.06 bits per heavy atom. The first-order valence-corrected chi connectivity index (χ1v) is 6.18. The van der Waals surface area contributed by atoms with Gasteiger partial charge in [0.05, 0.1) is 6.54 Å². The molecule has 96 valence electrons. The SMILES string of the molecule is CCCCNC(=O)CN(C)C(C)(CC)CN. The van der Waals surface area contributed by atoms with Crippen LogP contribution >= 0.6 is 0 Å². The van der Waals surface area contributed by atoms with Crippen molar-refractivity contribution in [1.29, 1.82) is 0 Å². The van der Waals surface area contributed by atoms with E-state index in [1.807, 2.05) is 11.9 Å². The zero-order chi connectivity index (χ0) is 12.6. The van der Waals surface area contributed by atoms with Crippen LogP contribution in [0, 0.1) is 0 Å². The maximum atomic E-state index is 11.6. The minimum absolute atomic E-state index is 0.0813. The Morgan fingerprint density at radius 3 is 2.50 bits per heavy atom. The van der Waals surface area contributed by atoms with Crippen LogP contribution in [0.15, 0.2) is 0 Å². The van der Waals surface area contributed by atoms with Crippen LogP contribution in [-0.4, -0.2) is 43.0 Å². The molecule has 0 aromatic carbocycles. The van der Waals surface area contributed by atoms with Crippen LogP contribution in [0.3, 0.4) is 0 Å². The second-order valence-electron chi connectivity index (χ2n) is 4.61. The molecule has 3 N–H and O–H groups in total. The molecule has 0 aliphatic carbocycles. The number of nitrogens with one attached hydrogen (secondary N) is 1. The largest absolute Gasteiger partial charge is 0.355 e. The van der Waals surface area contributed by atoms with Gasteiger partial charge in [0.25, 0.3) is 0 Å². The molecule has 1 amide bonds. The highest BCUT2D eigenvalue weighted by atomic mass is 16.2. The van der Waals surface area contributed by atoms with E-state index in [1.165, 1.54) is 0 Å². The number of nitrogens with two attached hydrogens (primary N) is 1. The van der Waals surface area contributed by atoms with E-state index in [0.717, 1.165) is 25.8 Å². The molecule has 0 radical (unpaired) electrons. The van der Waals surface area contributed by atoms with E-state index in [-0.39, 0.29) is 11.4 Å². The van der Waals surface area contributed by atoms with Gasteiger partial charge < -0.3 is 11.1 Å². The Labute approximate surface area is 99.6 Å². The number of hydrogen-bond donors (Lipinski definition) is 2. The number of unbranched alkanes of at least 4 members (excludes halogenated alkanes) is 1. The van der Waals surface area contributed by atoms with Crippen LogP contribution in [0.2, 0.25) is 0 Å². The Morgan fingerprint density at radius 1 is 1.44 bits per heavy atom. The van der Waals surface area contributed by atoms with Gasteiger partial charge in [0, 0.05) is 18.6 Å². The number of likely N-dealkylation sites (N-methyl/N-ethyl adjacent to an activating group) is 1. The summed E-state index contributed by atoms with van der Waals surface area (Å²) in [4.78, 5) is 13.6. The fourth-order valence-corrected chi connectivity index (χ4v) is 1.44. The van der Waals surface area contributed by atoms with Gasteiger partial charge in [-0.1, -0.05) is 20.3 Å². The van der Waals surface area contributed by atoms with Gasteiger partial charge in [-0.25, -0.2) is 0 Å². The van der Waals surface area contributed by atoms with E-state index in [4.69, 9.17) is 5.73 Å². The van der Waals surface area contributed by atoms with Gasteiger partial charge in [-0.05, 0) is 26.8 Å². The first kappa shape index (κ1) is 15.4. The Balaban J connectivity index is 4.02. The minimum Gasteiger partial charge on any atom is -0.355 e. The highest BCUT2D eigenvalue weighted by Gasteiger charge is 2.26. The molecule has 0 aromatic heterocycles. The first-order chi connectivity index (χ1) is 7.50. The maximum absolute atomic E-state index is 11.6. The van der Waals surface area contributed by atoms with Crippen molar-refractivity contribution in [2.45, 2.75) is 45.6 Å². The van der Waals surface area contributed by atoms with Gasteiger partial charge in [-0.3, -0.25) is 9.69 Å². The lowest BCUT2D eigenvalue weighted by atomic mass is 9.97. The molecule has 0 aromatic rings. The molecule has 1 atom stereocenters. The average Bonchev–Trinajstić information content (AvgIpc) is 2.28. The van der Waals surface area contributed by atoms with E-state index in [2.05, 4.69) is 26.1 Å². The summed E-state index contributed by atoms with van der Waals surface area (Å²) in [7, 11) is 1.95. The molecular weight excluding hydrogens is 202 g/mol. The van der Waals surface area contributed by atoms with E-state index >= 15 is 0 Å². The smallest absolute Gasteiger partial charge is 0.234 e. The zero-order valence-corrected chi connectivity index (χ0v) is 11.2. The molecule has 0 fully saturated rings. The normalized spacial score (nSPS) is 14.9. The van der Waals surface area contributed by atoms with Gasteiger partial charge >= 0.3 is 0 Å². The Hall–Kier alpha value is -0.610. The molecule has 0 aliphatic rings. The number of nitrogens with zero attached hydrogens (tertiary/aromatic N) is 1. The predicted octanol–water partition coefficient (Wildman–Crippen LogP) is 0.962. The molecule has 0 spiro atoms. The standard InChI is InChI=1S/C12H27N3O/c1-5-7-8-14-11(16)9-15(4)12(3,6-2)10-13/h5-10,13H2,1-4H3,(H,14,16). The molecule has 4 heteroatoms. The van der Waals surface area contributed by atoms with Gasteiger partial charge in [0.15, 0.2) is 0 Å². The molecule has 0 heterocycles. The summed E-state index contributed by atoms with van der Waals surface area (Å²) in [6.07, 6.45) is 3.09. The van der Waals surface area contributed by atoms with Crippen molar-refractivity contribution in [2.24, 2.45) is 5.73 Å². The van der Waals surface area contributed by atoms with Crippen molar-refractivity contribution in [3.05, 3.63) is 0 Å². The summed E-state index contributed by atoms with van der Waals surface area (Å²) in [6.45, 7) is 8.06. The van der Waals surface area contributed by atoms with E-state index in [0.29, 0.717) is 13.1 Å². The molecule has 0 saturated carbocycles. The molecule has 0 rings (SSSR count). The summed E-state index contributed by atoms with van der Waals surface area (Å²) < 4.78 is 0. The van der Waals surface area contributed by atoms with E-state index in [9.17, 15) is 4.79 Å². The van der Waals surface area contributed by atoms with Crippen LogP contribution in [0.4, 0.5) is 0 Å². The average molecular weight is 229 g/mol. The zero-order valence-electron chi connectivity index (χ0n) is 11.2. The maximum Gasteiger partial charge on any atom is 0.234 e.